The number of allylic oxidation sites excluding steroid dienone is 2. The van der Waals surface area contributed by atoms with E-state index in [1.165, 1.54) is 18.2 Å². The first kappa shape index (κ1) is 19.0. The minimum Gasteiger partial charge on any atom is -0.300 e. The number of amidine groups is 1. The summed E-state index contributed by atoms with van der Waals surface area (Å²) in [6, 6.07) is 14.6. The van der Waals surface area contributed by atoms with Crippen molar-refractivity contribution in [3.63, 3.8) is 0 Å². The molecule has 1 heterocycles. The molecular weight excluding hydrogens is 373 g/mol. The topological polar surface area (TPSA) is 41.5 Å². The van der Waals surface area contributed by atoms with Crippen LogP contribution in [-0.2, 0) is 11.0 Å². The van der Waals surface area contributed by atoms with Crippen LogP contribution in [0.5, 0.6) is 0 Å². The number of aliphatic imine (C=N–C) groups is 1. The number of nitrogens with one attached hydrogen (secondary N) is 1. The summed E-state index contributed by atoms with van der Waals surface area (Å²) in [6.07, 6.45) is -0.915. The predicted molar refractivity (Wildman–Crippen MR) is 102 cm³/mol. The Balaban J connectivity index is 1.84. The molecule has 0 aliphatic carbocycles. The highest BCUT2D eigenvalue weighted by atomic mass is 32.2. The van der Waals surface area contributed by atoms with Crippen LogP contribution in [0.4, 0.5) is 18.9 Å². The second-order valence-corrected chi connectivity index (χ2v) is 6.83. The molecule has 0 atom stereocenters. The van der Waals surface area contributed by atoms with Gasteiger partial charge in [-0.1, -0.05) is 48.5 Å². The minimum absolute atomic E-state index is 0.121. The van der Waals surface area contributed by atoms with Crippen molar-refractivity contribution in [2.24, 2.45) is 4.99 Å². The molecule has 7 heteroatoms. The zero-order valence-electron chi connectivity index (χ0n) is 14.2. The predicted octanol–water partition coefficient (Wildman–Crippen LogP) is 5.54. The van der Waals surface area contributed by atoms with Gasteiger partial charge in [-0.15, -0.1) is 0 Å². The quantitative estimate of drug-likeness (QED) is 0.701. The number of thioether (sulfide) groups is 1. The Hall–Kier alpha value is -2.80. The van der Waals surface area contributed by atoms with Gasteiger partial charge in [-0.3, -0.25) is 4.79 Å². The van der Waals surface area contributed by atoms with Gasteiger partial charge in [0.05, 0.1) is 16.2 Å². The highest BCUT2D eigenvalue weighted by Crippen LogP contribution is 2.37. The molecule has 0 bridgehead atoms. The third-order valence-corrected chi connectivity index (χ3v) is 4.54. The van der Waals surface area contributed by atoms with Crippen molar-refractivity contribution < 1.29 is 18.0 Å². The number of carbonyl (C=O) groups excluding carboxylic acids is 1. The lowest BCUT2D eigenvalue weighted by Crippen LogP contribution is -2.19. The van der Waals surface area contributed by atoms with Crippen LogP contribution in [0.3, 0.4) is 0 Å². The lowest BCUT2D eigenvalue weighted by Gasteiger charge is -2.09. The first-order valence-electron chi connectivity index (χ1n) is 8.02. The fourth-order valence-corrected chi connectivity index (χ4v) is 3.35. The Morgan fingerprint density at radius 3 is 2.44 bits per heavy atom. The molecule has 1 amide bonds. The number of hydrogen-bond acceptors (Lipinski definition) is 3. The van der Waals surface area contributed by atoms with Crippen LogP contribution in [0.25, 0.3) is 6.08 Å². The van der Waals surface area contributed by atoms with Crippen LogP contribution < -0.4 is 5.32 Å². The summed E-state index contributed by atoms with van der Waals surface area (Å²) in [4.78, 5) is 16.5. The summed E-state index contributed by atoms with van der Waals surface area (Å²) in [6.45, 7) is 1.85. The summed E-state index contributed by atoms with van der Waals surface area (Å²) in [5.41, 5.74) is 0.759. The van der Waals surface area contributed by atoms with E-state index in [-0.39, 0.29) is 16.8 Å². The number of nitrogens with zero attached hydrogens (tertiary/aromatic N) is 1. The van der Waals surface area contributed by atoms with Gasteiger partial charge in [-0.2, -0.15) is 13.2 Å². The summed E-state index contributed by atoms with van der Waals surface area (Å²) in [5.74, 6) is -0.385. The van der Waals surface area contributed by atoms with E-state index in [2.05, 4.69) is 10.3 Å². The zero-order valence-corrected chi connectivity index (χ0v) is 15.1. The Bertz CT molecular complexity index is 947. The van der Waals surface area contributed by atoms with Gasteiger partial charge in [0.25, 0.3) is 5.91 Å². The number of hydrogen-bond donors (Lipinski definition) is 1. The van der Waals surface area contributed by atoms with E-state index in [1.54, 1.807) is 6.08 Å². The van der Waals surface area contributed by atoms with Crippen molar-refractivity contribution in [3.05, 3.63) is 82.3 Å². The second-order valence-electron chi connectivity index (χ2n) is 5.80. The molecule has 0 saturated carbocycles. The van der Waals surface area contributed by atoms with Gasteiger partial charge in [0, 0.05) is 0 Å². The Morgan fingerprint density at radius 2 is 1.74 bits per heavy atom. The molecule has 27 heavy (non-hydrogen) atoms. The van der Waals surface area contributed by atoms with Gasteiger partial charge >= 0.3 is 6.18 Å². The second kappa shape index (κ2) is 7.84. The van der Waals surface area contributed by atoms with Crippen LogP contribution in [0.1, 0.15) is 18.1 Å². The maximum absolute atomic E-state index is 13.1. The fourth-order valence-electron chi connectivity index (χ4n) is 2.46. The van der Waals surface area contributed by atoms with Gasteiger partial charge in [0.1, 0.15) is 0 Å². The molecule has 3 nitrogen and oxygen atoms in total. The van der Waals surface area contributed by atoms with Crippen molar-refractivity contribution in [3.8, 4) is 0 Å². The first-order valence-corrected chi connectivity index (χ1v) is 8.84. The Labute approximate surface area is 158 Å². The average Bonchev–Trinajstić information content (AvgIpc) is 2.94. The van der Waals surface area contributed by atoms with Gasteiger partial charge < -0.3 is 5.32 Å². The van der Waals surface area contributed by atoms with E-state index in [0.717, 1.165) is 29.0 Å². The fraction of sp³-hybridized carbons (Fsp3) is 0.100. The van der Waals surface area contributed by atoms with Crippen LogP contribution >= 0.6 is 11.8 Å². The lowest BCUT2D eigenvalue weighted by atomic mass is 10.1. The number of rotatable bonds is 3. The van der Waals surface area contributed by atoms with Crippen molar-refractivity contribution >= 4 is 34.6 Å². The summed E-state index contributed by atoms with van der Waals surface area (Å²) in [7, 11) is 0. The molecule has 0 radical (unpaired) electrons. The normalized spacial score (nSPS) is 18.2. The molecule has 2 aromatic rings. The molecule has 0 unspecified atom stereocenters. The van der Waals surface area contributed by atoms with Crippen molar-refractivity contribution in [1.29, 1.82) is 0 Å². The lowest BCUT2D eigenvalue weighted by molar-refractivity contribution is -0.137. The van der Waals surface area contributed by atoms with E-state index in [0.29, 0.717) is 4.91 Å². The molecule has 1 fully saturated rings. The largest absolute Gasteiger partial charge is 0.418 e. The number of alkyl halides is 3. The maximum Gasteiger partial charge on any atom is 0.418 e. The van der Waals surface area contributed by atoms with Gasteiger partial charge in [-0.25, -0.2) is 4.99 Å². The third-order valence-electron chi connectivity index (χ3n) is 3.64. The Morgan fingerprint density at radius 1 is 1.07 bits per heavy atom. The van der Waals surface area contributed by atoms with Crippen LogP contribution in [0.2, 0.25) is 0 Å². The van der Waals surface area contributed by atoms with Crippen molar-refractivity contribution in [2.45, 2.75) is 13.1 Å². The number of halogens is 3. The SMILES string of the molecule is CC(=Cc1ccccc1)C=C1SC(=Nc2ccccc2C(F)(F)F)NC1=O. The summed E-state index contributed by atoms with van der Waals surface area (Å²) in [5, 5.41) is 2.63. The van der Waals surface area contributed by atoms with Gasteiger partial charge in [0.15, 0.2) is 5.17 Å². The molecule has 0 aromatic heterocycles. The number of para-hydroxylation sites is 1. The van der Waals surface area contributed by atoms with Gasteiger partial charge in [0.2, 0.25) is 0 Å². The maximum atomic E-state index is 13.1. The average molecular weight is 388 g/mol. The monoisotopic (exact) mass is 388 g/mol. The molecular formula is C20H15F3N2OS. The summed E-state index contributed by atoms with van der Waals surface area (Å²) < 4.78 is 39.2. The van der Waals surface area contributed by atoms with Crippen molar-refractivity contribution in [1.82, 2.24) is 5.32 Å². The van der Waals surface area contributed by atoms with Crippen LogP contribution in [-0.4, -0.2) is 11.1 Å². The molecule has 1 saturated heterocycles. The number of amides is 1. The smallest absolute Gasteiger partial charge is 0.300 e. The Kier molecular flexibility index (Phi) is 5.51. The molecule has 1 aliphatic heterocycles. The molecule has 2 aromatic carbocycles. The first-order chi connectivity index (χ1) is 12.8. The molecule has 138 valence electrons. The van der Waals surface area contributed by atoms with E-state index >= 15 is 0 Å². The minimum atomic E-state index is -4.51. The summed E-state index contributed by atoms with van der Waals surface area (Å²) >= 11 is 1.01. The number of benzene rings is 2. The van der Waals surface area contributed by atoms with E-state index < -0.39 is 11.7 Å². The highest BCUT2D eigenvalue weighted by molar-refractivity contribution is 8.18. The molecule has 3 rings (SSSR count). The van der Waals surface area contributed by atoms with E-state index in [9.17, 15) is 18.0 Å². The van der Waals surface area contributed by atoms with Crippen molar-refractivity contribution in [2.75, 3.05) is 0 Å². The molecule has 0 spiro atoms. The number of carbonyl (C=O) groups is 1. The van der Waals surface area contributed by atoms with E-state index in [4.69, 9.17) is 0 Å². The molecule has 1 N–H and O–H groups in total. The van der Waals surface area contributed by atoms with Crippen LogP contribution in [0.15, 0.2) is 76.1 Å². The third kappa shape index (κ3) is 4.89. The molecule has 1 aliphatic rings. The van der Waals surface area contributed by atoms with Crippen LogP contribution in [0, 0.1) is 0 Å². The standard InChI is InChI=1S/C20H15F3N2OS/c1-13(11-14-7-3-2-4-8-14)12-17-18(26)25-19(27-17)24-16-10-6-5-9-15(16)20(21,22)23/h2-12H,1H3,(H,24,25,26). The zero-order chi connectivity index (χ0) is 19.4. The van der Waals surface area contributed by atoms with Gasteiger partial charge in [-0.05, 0) is 48.0 Å². The highest BCUT2D eigenvalue weighted by Gasteiger charge is 2.34. The van der Waals surface area contributed by atoms with E-state index in [1.807, 2.05) is 43.3 Å².